The molecule has 0 amide bonds. The van der Waals surface area contributed by atoms with Gasteiger partial charge in [0, 0.05) is 8.95 Å². The minimum absolute atomic E-state index is 1.17. The molecule has 2 aromatic carbocycles. The lowest BCUT2D eigenvalue weighted by Crippen LogP contribution is -1.88. The summed E-state index contributed by atoms with van der Waals surface area (Å²) >= 11 is 7.46. The molecule has 0 unspecified atom stereocenters. The maximum Gasteiger partial charge on any atom is 0.0250 e. The molecule has 0 heterocycles. The summed E-state index contributed by atoms with van der Waals surface area (Å²) in [5.41, 5.74) is 5.28. The number of hydrogen-bond acceptors (Lipinski definition) is 0. The lowest BCUT2D eigenvalue weighted by molar-refractivity contribution is 0.717. The molecule has 0 aliphatic rings. The minimum atomic E-state index is 1.17. The molecule has 2 rings (SSSR count). The van der Waals surface area contributed by atoms with Gasteiger partial charge in [-0.2, -0.15) is 0 Å². The average molecular weight is 478 g/mol. The lowest BCUT2D eigenvalue weighted by Gasteiger charge is -2.06. The summed E-state index contributed by atoms with van der Waals surface area (Å²) in [6.45, 7) is 4.50. The molecule has 0 saturated carbocycles. The first-order chi connectivity index (χ1) is 12.6. The van der Waals surface area contributed by atoms with Gasteiger partial charge in [-0.3, -0.25) is 0 Å². The van der Waals surface area contributed by atoms with Crippen molar-refractivity contribution in [3.05, 3.63) is 67.6 Å². The van der Waals surface area contributed by atoms with E-state index in [1.54, 1.807) is 0 Å². The van der Waals surface area contributed by atoms with Crippen molar-refractivity contribution in [2.75, 3.05) is 0 Å². The van der Waals surface area contributed by atoms with Gasteiger partial charge in [0.25, 0.3) is 0 Å². The Hall–Kier alpha value is -0.860. The van der Waals surface area contributed by atoms with Crippen LogP contribution in [-0.2, 0) is 12.8 Å². The van der Waals surface area contributed by atoms with Crippen molar-refractivity contribution in [3.63, 3.8) is 0 Å². The lowest BCUT2D eigenvalue weighted by atomic mass is 10.0. The molecule has 0 aliphatic carbocycles. The van der Waals surface area contributed by atoms with Gasteiger partial charge in [-0.25, -0.2) is 0 Å². The molecule has 2 heteroatoms. The van der Waals surface area contributed by atoms with E-state index in [0.29, 0.717) is 0 Å². The maximum absolute atomic E-state index is 3.73. The highest BCUT2D eigenvalue weighted by atomic mass is 79.9. The van der Waals surface area contributed by atoms with Crippen LogP contribution in [0.2, 0.25) is 0 Å². The van der Waals surface area contributed by atoms with E-state index in [-0.39, 0.29) is 0 Å². The zero-order valence-corrected chi connectivity index (χ0v) is 19.2. The quantitative estimate of drug-likeness (QED) is 0.236. The van der Waals surface area contributed by atoms with E-state index in [2.05, 4.69) is 94.3 Å². The van der Waals surface area contributed by atoms with Crippen LogP contribution in [0, 0.1) is 0 Å². The van der Waals surface area contributed by atoms with Crippen LogP contribution in [-0.4, -0.2) is 0 Å². The Balaban J connectivity index is 2.02. The van der Waals surface area contributed by atoms with Crippen LogP contribution < -0.4 is 0 Å². The monoisotopic (exact) mass is 476 g/mol. The maximum atomic E-state index is 3.73. The molecule has 0 bridgehead atoms. The van der Waals surface area contributed by atoms with E-state index in [1.807, 2.05) is 0 Å². The molecule has 0 fully saturated rings. The second-order valence-corrected chi connectivity index (χ2v) is 8.67. The fourth-order valence-corrected chi connectivity index (χ4v) is 4.18. The Bertz CT molecular complexity index is 655. The van der Waals surface area contributed by atoms with E-state index >= 15 is 0 Å². The molecule has 0 atom stereocenters. The van der Waals surface area contributed by atoms with Gasteiger partial charge in [0.1, 0.15) is 0 Å². The largest absolute Gasteiger partial charge is 0.0654 e. The van der Waals surface area contributed by atoms with Gasteiger partial charge >= 0.3 is 0 Å². The van der Waals surface area contributed by atoms with Crippen LogP contribution in [0.4, 0.5) is 0 Å². The van der Waals surface area contributed by atoms with Crippen LogP contribution in [0.15, 0.2) is 45.3 Å². The first kappa shape index (κ1) is 21.4. The summed E-state index contributed by atoms with van der Waals surface area (Å²) in [5, 5.41) is 0. The Kier molecular flexibility index (Phi) is 9.71. The minimum Gasteiger partial charge on any atom is -0.0654 e. The van der Waals surface area contributed by atoms with Crippen molar-refractivity contribution < 1.29 is 0 Å². The van der Waals surface area contributed by atoms with Crippen molar-refractivity contribution in [1.82, 2.24) is 0 Å². The fraction of sp³-hybridized carbons (Fsp3) is 0.417. The first-order valence-corrected chi connectivity index (χ1v) is 11.5. The molecule has 140 valence electrons. The highest BCUT2D eigenvalue weighted by molar-refractivity contribution is 9.10. The number of hydrogen-bond donors (Lipinski definition) is 0. The SMILES string of the molecule is CCCCCc1ccc(/C=C\c2ccc(CCCCC)cc2Br)c(Br)c1. The van der Waals surface area contributed by atoms with Gasteiger partial charge in [-0.15, -0.1) is 0 Å². The topological polar surface area (TPSA) is 0 Å². The molecule has 0 aliphatic heterocycles. The Morgan fingerprint density at radius 3 is 1.42 bits per heavy atom. The summed E-state index contributed by atoms with van der Waals surface area (Å²) < 4.78 is 2.35. The second-order valence-electron chi connectivity index (χ2n) is 6.96. The molecule has 0 N–H and O–H groups in total. The van der Waals surface area contributed by atoms with Crippen molar-refractivity contribution in [3.8, 4) is 0 Å². The van der Waals surface area contributed by atoms with E-state index in [4.69, 9.17) is 0 Å². The summed E-state index contributed by atoms with van der Waals surface area (Å²) in [7, 11) is 0. The van der Waals surface area contributed by atoms with Gasteiger partial charge < -0.3 is 0 Å². The van der Waals surface area contributed by atoms with Crippen LogP contribution in [0.1, 0.15) is 74.6 Å². The van der Waals surface area contributed by atoms with Crippen molar-refractivity contribution >= 4 is 44.0 Å². The number of aryl methyl sites for hydroxylation is 2. The number of unbranched alkanes of at least 4 members (excludes halogenated alkanes) is 4. The molecule has 0 saturated heterocycles. The van der Waals surface area contributed by atoms with Gasteiger partial charge in [-0.05, 0) is 60.1 Å². The molecule has 26 heavy (non-hydrogen) atoms. The van der Waals surface area contributed by atoms with Gasteiger partial charge in [0.15, 0.2) is 0 Å². The van der Waals surface area contributed by atoms with Gasteiger partial charge in [0.05, 0.1) is 0 Å². The molecule has 0 spiro atoms. The number of rotatable bonds is 10. The van der Waals surface area contributed by atoms with Crippen LogP contribution >= 0.6 is 31.9 Å². The highest BCUT2D eigenvalue weighted by Crippen LogP contribution is 2.25. The standard InChI is InChI=1S/C24H30Br2/c1-3-5-7-9-19-11-13-21(23(25)17-19)15-16-22-14-12-20(18-24(22)26)10-8-6-4-2/h11-18H,3-10H2,1-2H3/b16-15-. The van der Waals surface area contributed by atoms with E-state index < -0.39 is 0 Å². The van der Waals surface area contributed by atoms with Crippen molar-refractivity contribution in [1.29, 1.82) is 0 Å². The molecule has 0 radical (unpaired) electrons. The third kappa shape index (κ3) is 7.04. The van der Waals surface area contributed by atoms with E-state index in [1.165, 1.54) is 82.6 Å². The Morgan fingerprint density at radius 1 is 0.654 bits per heavy atom. The number of halogens is 2. The fourth-order valence-electron chi connectivity index (χ4n) is 3.06. The Labute approximate surface area is 176 Å². The van der Waals surface area contributed by atoms with E-state index in [9.17, 15) is 0 Å². The summed E-state index contributed by atoms with van der Waals surface area (Å²) in [5.74, 6) is 0. The molecule has 0 nitrogen and oxygen atoms in total. The normalized spacial score (nSPS) is 11.4. The molecule has 2 aromatic rings. The van der Waals surface area contributed by atoms with Crippen LogP contribution in [0.5, 0.6) is 0 Å². The summed E-state index contributed by atoms with van der Waals surface area (Å²) in [6, 6.07) is 13.5. The number of benzene rings is 2. The molecule has 0 aromatic heterocycles. The van der Waals surface area contributed by atoms with Crippen molar-refractivity contribution in [2.45, 2.75) is 65.2 Å². The van der Waals surface area contributed by atoms with Crippen LogP contribution in [0.25, 0.3) is 12.2 Å². The molecular weight excluding hydrogens is 448 g/mol. The van der Waals surface area contributed by atoms with E-state index in [0.717, 1.165) is 0 Å². The average Bonchev–Trinajstić information content (AvgIpc) is 2.63. The smallest absolute Gasteiger partial charge is 0.0250 e. The van der Waals surface area contributed by atoms with Gasteiger partial charge in [0.2, 0.25) is 0 Å². The zero-order chi connectivity index (χ0) is 18.8. The zero-order valence-electron chi connectivity index (χ0n) is 16.0. The predicted octanol–water partition coefficient (Wildman–Crippen LogP) is 8.85. The third-order valence-corrected chi connectivity index (χ3v) is 6.08. The molecular formula is C24H30Br2. The summed E-state index contributed by atoms with van der Waals surface area (Å²) in [6.07, 6.45) is 14.4. The third-order valence-electron chi connectivity index (χ3n) is 4.71. The van der Waals surface area contributed by atoms with Crippen LogP contribution in [0.3, 0.4) is 0 Å². The highest BCUT2D eigenvalue weighted by Gasteiger charge is 2.02. The summed E-state index contributed by atoms with van der Waals surface area (Å²) in [4.78, 5) is 0. The van der Waals surface area contributed by atoms with Gasteiger partial charge in [-0.1, -0.05) is 108 Å². The second kappa shape index (κ2) is 11.8. The van der Waals surface area contributed by atoms with Crippen molar-refractivity contribution in [2.24, 2.45) is 0 Å². The Morgan fingerprint density at radius 2 is 1.08 bits per heavy atom. The first-order valence-electron chi connectivity index (χ1n) is 9.89. The predicted molar refractivity (Wildman–Crippen MR) is 124 cm³/mol.